The van der Waals surface area contributed by atoms with Crippen molar-refractivity contribution in [3.05, 3.63) is 48.0 Å². The van der Waals surface area contributed by atoms with E-state index >= 15 is 0 Å². The molecule has 3 rings (SSSR count). The molecule has 1 fully saturated rings. The molecule has 0 bridgehead atoms. The Labute approximate surface area is 121 Å². The van der Waals surface area contributed by atoms with Gasteiger partial charge in [-0.05, 0) is 31.0 Å². The van der Waals surface area contributed by atoms with E-state index in [2.05, 4.69) is 5.10 Å². The number of carbonyl (C=O) groups excluding carboxylic acids is 1. The topological polar surface area (TPSA) is 58.4 Å². The van der Waals surface area contributed by atoms with Crippen molar-refractivity contribution < 1.29 is 14.3 Å². The molecule has 1 aliphatic heterocycles. The van der Waals surface area contributed by atoms with Crippen LogP contribution in [0.3, 0.4) is 0 Å². The van der Waals surface area contributed by atoms with Gasteiger partial charge in [0.15, 0.2) is 5.69 Å². The molecule has 2 aromatic rings. The van der Waals surface area contributed by atoms with Crippen molar-refractivity contribution in [1.29, 1.82) is 0 Å². The van der Waals surface area contributed by atoms with Gasteiger partial charge in [-0.1, -0.05) is 12.1 Å². The molecule has 1 aromatic carbocycles. The molecule has 0 saturated carbocycles. The van der Waals surface area contributed by atoms with E-state index in [1.807, 2.05) is 0 Å². The summed E-state index contributed by atoms with van der Waals surface area (Å²) in [6, 6.07) is 7.69. The second-order valence-corrected chi connectivity index (χ2v) is 5.07. The van der Waals surface area contributed by atoms with Crippen LogP contribution in [0.2, 0.25) is 0 Å². The molecule has 0 radical (unpaired) electrons. The van der Waals surface area contributed by atoms with E-state index in [1.54, 1.807) is 35.4 Å². The van der Waals surface area contributed by atoms with Gasteiger partial charge >= 0.3 is 0 Å². The quantitative estimate of drug-likeness (QED) is 0.934. The Morgan fingerprint density at radius 3 is 2.95 bits per heavy atom. The largest absolute Gasteiger partial charge is 0.394 e. The van der Waals surface area contributed by atoms with E-state index in [0.717, 1.165) is 12.8 Å². The molecule has 21 heavy (non-hydrogen) atoms. The first-order valence-electron chi connectivity index (χ1n) is 6.93. The highest BCUT2D eigenvalue weighted by atomic mass is 19.1. The van der Waals surface area contributed by atoms with Crippen molar-refractivity contribution in [3.8, 4) is 5.69 Å². The predicted octanol–water partition coefficient (Wildman–Crippen LogP) is 1.61. The predicted molar refractivity (Wildman–Crippen MR) is 74.7 cm³/mol. The van der Waals surface area contributed by atoms with Crippen LogP contribution in [0.15, 0.2) is 36.5 Å². The average molecular weight is 289 g/mol. The molecule has 0 unspecified atom stereocenters. The molecule has 1 amide bonds. The smallest absolute Gasteiger partial charge is 0.274 e. The molecular weight excluding hydrogens is 273 g/mol. The third-order valence-electron chi connectivity index (χ3n) is 3.76. The van der Waals surface area contributed by atoms with Gasteiger partial charge in [-0.25, -0.2) is 9.07 Å². The van der Waals surface area contributed by atoms with Crippen LogP contribution < -0.4 is 0 Å². The number of carbonyl (C=O) groups is 1. The Kier molecular flexibility index (Phi) is 3.70. The minimum atomic E-state index is -0.394. The number of hydrogen-bond donors (Lipinski definition) is 1. The fourth-order valence-electron chi connectivity index (χ4n) is 2.65. The number of nitrogens with zero attached hydrogens (tertiary/aromatic N) is 3. The molecule has 1 atom stereocenters. The summed E-state index contributed by atoms with van der Waals surface area (Å²) in [5, 5.41) is 13.4. The molecule has 1 saturated heterocycles. The number of amides is 1. The molecule has 0 spiro atoms. The Bertz CT molecular complexity index is 656. The number of benzene rings is 1. The zero-order valence-electron chi connectivity index (χ0n) is 11.4. The van der Waals surface area contributed by atoms with Gasteiger partial charge in [0.05, 0.1) is 12.6 Å². The third-order valence-corrected chi connectivity index (χ3v) is 3.76. The first kappa shape index (κ1) is 13.8. The van der Waals surface area contributed by atoms with Crippen LogP contribution in [0.5, 0.6) is 0 Å². The first-order chi connectivity index (χ1) is 10.2. The normalized spacial score (nSPS) is 18.2. The molecule has 0 aliphatic carbocycles. The van der Waals surface area contributed by atoms with E-state index < -0.39 is 5.82 Å². The molecule has 1 aromatic heterocycles. The lowest BCUT2D eigenvalue weighted by Gasteiger charge is -2.21. The third kappa shape index (κ3) is 2.54. The summed E-state index contributed by atoms with van der Waals surface area (Å²) in [4.78, 5) is 14.0. The molecule has 2 heterocycles. The SMILES string of the molecule is O=C(c1ccn(-c2ccccc2F)n1)N1CCC[C@@H]1CO. The minimum Gasteiger partial charge on any atom is -0.394 e. The highest BCUT2D eigenvalue weighted by Gasteiger charge is 2.30. The second-order valence-electron chi connectivity index (χ2n) is 5.07. The zero-order valence-corrected chi connectivity index (χ0v) is 11.4. The summed E-state index contributed by atoms with van der Waals surface area (Å²) >= 11 is 0. The standard InChI is InChI=1S/C15H16FN3O2/c16-12-5-1-2-6-14(12)19-9-7-13(17-19)15(21)18-8-3-4-11(18)10-20/h1-2,5-7,9,11,20H,3-4,8,10H2/t11-/m1/s1. The van der Waals surface area contributed by atoms with Crippen LogP contribution >= 0.6 is 0 Å². The van der Waals surface area contributed by atoms with Crippen molar-refractivity contribution in [1.82, 2.24) is 14.7 Å². The van der Waals surface area contributed by atoms with Crippen LogP contribution in [0.4, 0.5) is 4.39 Å². The van der Waals surface area contributed by atoms with Crippen LogP contribution in [0, 0.1) is 5.82 Å². The Balaban J connectivity index is 1.85. The maximum absolute atomic E-state index is 13.7. The second kappa shape index (κ2) is 5.65. The maximum atomic E-state index is 13.7. The fraction of sp³-hybridized carbons (Fsp3) is 0.333. The molecule has 5 nitrogen and oxygen atoms in total. The number of halogens is 1. The van der Waals surface area contributed by atoms with Gasteiger partial charge in [-0.15, -0.1) is 0 Å². The van der Waals surface area contributed by atoms with Crippen LogP contribution in [-0.2, 0) is 0 Å². The minimum absolute atomic E-state index is 0.0419. The van der Waals surface area contributed by atoms with Gasteiger partial charge in [0.2, 0.25) is 0 Å². The number of aliphatic hydroxyl groups excluding tert-OH is 1. The summed E-state index contributed by atoms with van der Waals surface area (Å²) in [7, 11) is 0. The molecular formula is C15H16FN3O2. The maximum Gasteiger partial charge on any atom is 0.274 e. The number of para-hydroxylation sites is 1. The Hall–Kier alpha value is -2.21. The number of aromatic nitrogens is 2. The zero-order chi connectivity index (χ0) is 14.8. The van der Waals surface area contributed by atoms with Gasteiger partial charge in [-0.3, -0.25) is 4.79 Å². The Morgan fingerprint density at radius 2 is 2.19 bits per heavy atom. The van der Waals surface area contributed by atoms with Gasteiger partial charge in [0.1, 0.15) is 11.5 Å². The van der Waals surface area contributed by atoms with Gasteiger partial charge in [-0.2, -0.15) is 5.10 Å². The molecule has 110 valence electrons. The summed E-state index contributed by atoms with van der Waals surface area (Å²) in [5.74, 6) is -0.615. The van der Waals surface area contributed by atoms with Gasteiger partial charge < -0.3 is 10.0 Å². The van der Waals surface area contributed by atoms with E-state index in [1.165, 1.54) is 10.7 Å². The first-order valence-corrected chi connectivity index (χ1v) is 6.93. The number of aliphatic hydroxyl groups is 1. The average Bonchev–Trinajstić information content (AvgIpc) is 3.16. The number of hydrogen-bond acceptors (Lipinski definition) is 3. The van der Waals surface area contributed by atoms with E-state index in [-0.39, 0.29) is 24.2 Å². The number of likely N-dealkylation sites (tertiary alicyclic amines) is 1. The lowest BCUT2D eigenvalue weighted by Crippen LogP contribution is -2.37. The lowest BCUT2D eigenvalue weighted by molar-refractivity contribution is 0.0671. The van der Waals surface area contributed by atoms with Crippen LogP contribution in [0.25, 0.3) is 5.69 Å². The van der Waals surface area contributed by atoms with E-state index in [0.29, 0.717) is 12.2 Å². The van der Waals surface area contributed by atoms with E-state index in [9.17, 15) is 14.3 Å². The molecule has 6 heteroatoms. The monoisotopic (exact) mass is 289 g/mol. The highest BCUT2D eigenvalue weighted by molar-refractivity contribution is 5.92. The summed E-state index contributed by atoms with van der Waals surface area (Å²) in [5.41, 5.74) is 0.565. The van der Waals surface area contributed by atoms with Crippen molar-refractivity contribution in [2.24, 2.45) is 0 Å². The lowest BCUT2D eigenvalue weighted by atomic mass is 10.2. The van der Waals surface area contributed by atoms with Crippen LogP contribution in [0.1, 0.15) is 23.3 Å². The van der Waals surface area contributed by atoms with Crippen molar-refractivity contribution in [2.45, 2.75) is 18.9 Å². The summed E-state index contributed by atoms with van der Waals surface area (Å²) in [6.07, 6.45) is 3.25. The van der Waals surface area contributed by atoms with E-state index in [4.69, 9.17) is 0 Å². The molecule has 1 aliphatic rings. The van der Waals surface area contributed by atoms with Crippen molar-refractivity contribution in [2.75, 3.05) is 13.2 Å². The molecule has 1 N–H and O–H groups in total. The highest BCUT2D eigenvalue weighted by Crippen LogP contribution is 2.20. The summed E-state index contributed by atoms with van der Waals surface area (Å²) < 4.78 is 15.1. The fourth-order valence-corrected chi connectivity index (χ4v) is 2.65. The Morgan fingerprint density at radius 1 is 1.38 bits per heavy atom. The van der Waals surface area contributed by atoms with Gasteiger partial charge in [0, 0.05) is 12.7 Å². The van der Waals surface area contributed by atoms with Crippen molar-refractivity contribution in [3.63, 3.8) is 0 Å². The number of rotatable bonds is 3. The van der Waals surface area contributed by atoms with Crippen molar-refractivity contribution >= 4 is 5.91 Å². The summed E-state index contributed by atoms with van der Waals surface area (Å²) in [6.45, 7) is 0.580. The van der Waals surface area contributed by atoms with Gasteiger partial charge in [0.25, 0.3) is 5.91 Å². The van der Waals surface area contributed by atoms with Crippen LogP contribution in [-0.4, -0.2) is 44.9 Å².